The zero-order valence-electron chi connectivity index (χ0n) is 22.1. The molecule has 4 heterocycles. The minimum Gasteiger partial charge on any atom is -0.487 e. The van der Waals surface area contributed by atoms with Gasteiger partial charge in [0.25, 0.3) is 5.91 Å². The monoisotopic (exact) mass is 542 g/mol. The number of fused-ring (bicyclic) bond motifs is 1. The van der Waals surface area contributed by atoms with Gasteiger partial charge in [-0.3, -0.25) is 9.52 Å². The zero-order valence-corrected chi connectivity index (χ0v) is 22.9. The fourth-order valence-corrected chi connectivity index (χ4v) is 5.75. The van der Waals surface area contributed by atoms with E-state index in [4.69, 9.17) is 9.47 Å². The van der Waals surface area contributed by atoms with Gasteiger partial charge in [0.15, 0.2) is 0 Å². The van der Waals surface area contributed by atoms with E-state index in [2.05, 4.69) is 27.5 Å². The first kappa shape index (κ1) is 26.5. The summed E-state index contributed by atoms with van der Waals surface area (Å²) in [7, 11) is -2.79. The van der Waals surface area contributed by atoms with Crippen molar-refractivity contribution in [1.29, 1.82) is 0 Å². The van der Waals surface area contributed by atoms with Gasteiger partial charge in [-0.15, -0.1) is 0 Å². The Bertz CT molecular complexity index is 1450. The van der Waals surface area contributed by atoms with Crippen molar-refractivity contribution in [2.45, 2.75) is 63.3 Å². The Kier molecular flexibility index (Phi) is 7.13. The van der Waals surface area contributed by atoms with Crippen LogP contribution in [0.5, 0.6) is 5.75 Å². The minimum absolute atomic E-state index is 0.0914. The van der Waals surface area contributed by atoms with Crippen LogP contribution in [0.3, 0.4) is 0 Å². The van der Waals surface area contributed by atoms with Crippen LogP contribution >= 0.6 is 0 Å². The molecule has 2 aliphatic heterocycles. The Morgan fingerprint density at radius 2 is 2.05 bits per heavy atom. The number of amides is 1. The first-order valence-electron chi connectivity index (χ1n) is 13.0. The molecule has 2 fully saturated rings. The summed E-state index contributed by atoms with van der Waals surface area (Å²) in [4.78, 5) is 15.2. The van der Waals surface area contributed by atoms with Gasteiger partial charge in [-0.25, -0.2) is 13.1 Å². The number of carbonyl (C=O) groups excluding carboxylic acids is 1. The third-order valence-electron chi connectivity index (χ3n) is 7.60. The quantitative estimate of drug-likeness (QED) is 0.442. The van der Waals surface area contributed by atoms with Gasteiger partial charge in [-0.05, 0) is 69.8 Å². The van der Waals surface area contributed by atoms with E-state index in [1.165, 1.54) is 12.3 Å². The average Bonchev–Trinajstić information content (AvgIpc) is 3.52. The number of nitrogens with one attached hydrogen (secondary N) is 1. The molecule has 10 heteroatoms. The molecule has 0 aliphatic carbocycles. The van der Waals surface area contributed by atoms with Crippen LogP contribution in [-0.4, -0.2) is 56.2 Å². The number of hydrogen-bond donors (Lipinski definition) is 1. The molecule has 2 aliphatic rings. The van der Waals surface area contributed by atoms with Gasteiger partial charge in [0.05, 0.1) is 46.2 Å². The molecule has 0 saturated carbocycles. The number of carbonyl (C=O) groups is 1. The van der Waals surface area contributed by atoms with Crippen molar-refractivity contribution in [2.24, 2.45) is 0 Å². The van der Waals surface area contributed by atoms with Crippen LogP contribution in [0.15, 0.2) is 42.7 Å². The fourth-order valence-electron chi connectivity index (χ4n) is 5.10. The first-order chi connectivity index (χ1) is 18.1. The number of halogens is 1. The maximum Gasteiger partial charge on any atom is 0.266 e. The lowest BCUT2D eigenvalue weighted by Crippen LogP contribution is -2.39. The highest BCUT2D eigenvalue weighted by Crippen LogP contribution is 2.42. The molecular weight excluding hydrogens is 507 g/mol. The molecule has 204 valence electrons. The Morgan fingerprint density at radius 1 is 1.29 bits per heavy atom. The summed E-state index contributed by atoms with van der Waals surface area (Å²) in [6.07, 6.45) is 6.59. The maximum atomic E-state index is 14.5. The minimum atomic E-state index is -2.79. The summed E-state index contributed by atoms with van der Waals surface area (Å²) in [5, 5.41) is 4.00. The second-order valence-electron chi connectivity index (χ2n) is 10.7. The van der Waals surface area contributed by atoms with Crippen LogP contribution in [0.4, 0.5) is 10.1 Å². The normalized spacial score (nSPS) is 21.0. The number of nitrogens with zero attached hydrogens (tertiary/aromatic N) is 3. The number of hydrogen-bond acceptors (Lipinski definition) is 6. The number of ether oxygens (including phenoxy) is 2. The molecule has 8 nitrogen and oxygen atoms in total. The summed E-state index contributed by atoms with van der Waals surface area (Å²) < 4.78 is 43.5. The Labute approximate surface area is 223 Å². The lowest BCUT2D eigenvalue weighted by molar-refractivity contribution is -0.0349. The van der Waals surface area contributed by atoms with E-state index in [-0.39, 0.29) is 22.7 Å². The zero-order chi connectivity index (χ0) is 27.1. The molecule has 1 N–H and O–H groups in total. The van der Waals surface area contributed by atoms with Crippen LogP contribution in [0.2, 0.25) is 0 Å². The smallest absolute Gasteiger partial charge is 0.266 e. The molecule has 2 aromatic heterocycles. The van der Waals surface area contributed by atoms with Gasteiger partial charge in [-0.2, -0.15) is 5.10 Å². The Morgan fingerprint density at radius 3 is 2.79 bits per heavy atom. The van der Waals surface area contributed by atoms with Crippen molar-refractivity contribution in [3.63, 3.8) is 0 Å². The van der Waals surface area contributed by atoms with Crippen LogP contribution in [0.25, 0.3) is 5.52 Å². The standard InChI is InChI=1S/C28H35FN4O4S/c1-19(2)38(4,35)31-27(34)23-18-30-33-13-9-21(17-25(23)33)32-12-5-6-24(32)22-16-20(29)7-8-26(22)37-28(3)10-14-36-15-11-28/h7-9,13,16-19,24H,4-6,10-12,14-15H2,1-3H3,(H,31,34,35)/t24-,38?/m1/s1. The van der Waals surface area contributed by atoms with E-state index in [0.29, 0.717) is 30.0 Å². The van der Waals surface area contributed by atoms with E-state index < -0.39 is 15.6 Å². The van der Waals surface area contributed by atoms with Gasteiger partial charge in [0, 0.05) is 42.1 Å². The summed E-state index contributed by atoms with van der Waals surface area (Å²) >= 11 is 0. The molecule has 1 unspecified atom stereocenters. The number of pyridine rings is 1. The molecular formula is C28H35FN4O4S. The van der Waals surface area contributed by atoms with E-state index in [9.17, 15) is 13.4 Å². The van der Waals surface area contributed by atoms with Gasteiger partial charge in [-0.1, -0.05) is 0 Å². The van der Waals surface area contributed by atoms with E-state index >= 15 is 0 Å². The molecule has 0 radical (unpaired) electrons. The highest BCUT2D eigenvalue weighted by atomic mass is 32.2. The van der Waals surface area contributed by atoms with Crippen molar-refractivity contribution in [3.05, 3.63) is 59.7 Å². The summed E-state index contributed by atoms with van der Waals surface area (Å²) in [6.45, 7) is 7.65. The second-order valence-corrected chi connectivity index (χ2v) is 13.3. The topological polar surface area (TPSA) is 85.2 Å². The van der Waals surface area contributed by atoms with Gasteiger partial charge < -0.3 is 14.4 Å². The van der Waals surface area contributed by atoms with Crippen LogP contribution in [0, 0.1) is 5.82 Å². The predicted octanol–water partition coefficient (Wildman–Crippen LogP) is 4.53. The molecule has 5 rings (SSSR count). The number of aromatic nitrogens is 2. The number of benzene rings is 1. The summed E-state index contributed by atoms with van der Waals surface area (Å²) in [5.41, 5.74) is 2.25. The highest BCUT2D eigenvalue weighted by molar-refractivity contribution is 7.99. The van der Waals surface area contributed by atoms with Crippen molar-refractivity contribution in [1.82, 2.24) is 14.3 Å². The van der Waals surface area contributed by atoms with Crippen molar-refractivity contribution < 1.29 is 22.9 Å². The number of rotatable bonds is 7. The van der Waals surface area contributed by atoms with Crippen LogP contribution in [-0.2, 0) is 14.4 Å². The largest absolute Gasteiger partial charge is 0.487 e. The Hall–Kier alpha value is -3.11. The third kappa shape index (κ3) is 5.24. The number of anilines is 1. The molecule has 0 spiro atoms. The van der Waals surface area contributed by atoms with Gasteiger partial charge >= 0.3 is 0 Å². The summed E-state index contributed by atoms with van der Waals surface area (Å²) in [6, 6.07) is 8.51. The molecule has 38 heavy (non-hydrogen) atoms. The molecule has 2 atom stereocenters. The van der Waals surface area contributed by atoms with E-state index in [1.54, 1.807) is 36.7 Å². The molecule has 1 amide bonds. The fraction of sp³-hybridized carbons (Fsp3) is 0.464. The van der Waals surface area contributed by atoms with E-state index in [0.717, 1.165) is 43.5 Å². The highest BCUT2D eigenvalue weighted by Gasteiger charge is 2.34. The predicted molar refractivity (Wildman–Crippen MR) is 148 cm³/mol. The van der Waals surface area contributed by atoms with Crippen LogP contribution < -0.4 is 14.4 Å². The van der Waals surface area contributed by atoms with E-state index in [1.807, 2.05) is 12.1 Å². The van der Waals surface area contributed by atoms with Gasteiger partial charge in [0.2, 0.25) is 0 Å². The lowest BCUT2D eigenvalue weighted by atomic mass is 9.95. The molecule has 1 aromatic carbocycles. The lowest BCUT2D eigenvalue weighted by Gasteiger charge is -2.36. The third-order valence-corrected chi connectivity index (χ3v) is 9.65. The first-order valence-corrected chi connectivity index (χ1v) is 14.8. The average molecular weight is 543 g/mol. The second kappa shape index (κ2) is 10.2. The molecule has 2 saturated heterocycles. The van der Waals surface area contributed by atoms with Crippen molar-refractivity contribution in [3.8, 4) is 5.75 Å². The molecule has 0 bridgehead atoms. The maximum absolute atomic E-state index is 14.5. The van der Waals surface area contributed by atoms with Crippen molar-refractivity contribution >= 4 is 32.7 Å². The Balaban J connectivity index is 1.47. The van der Waals surface area contributed by atoms with Crippen molar-refractivity contribution in [2.75, 3.05) is 24.7 Å². The summed E-state index contributed by atoms with van der Waals surface area (Å²) in [5.74, 6) is 3.61. The van der Waals surface area contributed by atoms with Gasteiger partial charge in [0.1, 0.15) is 17.2 Å². The molecule has 3 aromatic rings. The van der Waals surface area contributed by atoms with Crippen LogP contribution in [0.1, 0.15) is 68.4 Å². The SMILES string of the molecule is C=S(=O)(NC(=O)c1cnn2ccc(N3CCC[C@@H]3c3cc(F)ccc3OC3(C)CCOCC3)cc12)C(C)C.